The van der Waals surface area contributed by atoms with E-state index >= 15 is 0 Å². The normalized spacial score (nSPS) is 10.9. The van der Waals surface area contributed by atoms with Gasteiger partial charge in [-0.3, -0.25) is 4.79 Å². The minimum absolute atomic E-state index is 0.0157. The number of ether oxygens (including phenoxy) is 2. The van der Waals surface area contributed by atoms with E-state index in [-0.39, 0.29) is 5.91 Å². The van der Waals surface area contributed by atoms with E-state index in [2.05, 4.69) is 15.9 Å². The Bertz CT molecular complexity index is 425. The van der Waals surface area contributed by atoms with Crippen molar-refractivity contribution in [2.45, 2.75) is 27.3 Å². The molecule has 0 atom stereocenters. The maximum absolute atomic E-state index is 12.7. The molecule has 120 valence electrons. The number of nitrogens with zero attached hydrogens (tertiary/aromatic N) is 2. The maximum atomic E-state index is 12.7. The number of rotatable bonds is 10. The third-order valence-electron chi connectivity index (χ3n) is 3.13. The van der Waals surface area contributed by atoms with Crippen molar-refractivity contribution in [2.24, 2.45) is 0 Å². The number of halogens is 1. The van der Waals surface area contributed by atoms with Crippen LogP contribution in [0.4, 0.5) is 0 Å². The van der Waals surface area contributed by atoms with Gasteiger partial charge in [-0.25, -0.2) is 0 Å². The fourth-order valence-electron chi connectivity index (χ4n) is 2.03. The van der Waals surface area contributed by atoms with Crippen LogP contribution in [-0.2, 0) is 16.0 Å². The molecule has 0 fully saturated rings. The lowest BCUT2D eigenvalue weighted by atomic mass is 10.3. The SMILES string of the molecule is CCOCCN(CCOCC)C(=O)c1cc(Br)cn1CC. The first-order valence-electron chi connectivity index (χ1n) is 7.44. The summed E-state index contributed by atoms with van der Waals surface area (Å²) < 4.78 is 13.6. The fraction of sp³-hybridized carbons (Fsp3) is 0.667. The highest BCUT2D eigenvalue weighted by molar-refractivity contribution is 9.10. The van der Waals surface area contributed by atoms with Crippen molar-refractivity contribution in [3.8, 4) is 0 Å². The zero-order chi connectivity index (χ0) is 15.7. The van der Waals surface area contributed by atoms with E-state index in [4.69, 9.17) is 9.47 Å². The van der Waals surface area contributed by atoms with E-state index in [0.717, 1.165) is 11.0 Å². The van der Waals surface area contributed by atoms with Crippen molar-refractivity contribution in [3.05, 3.63) is 22.4 Å². The van der Waals surface area contributed by atoms with Crippen LogP contribution in [0.25, 0.3) is 0 Å². The largest absolute Gasteiger partial charge is 0.380 e. The predicted molar refractivity (Wildman–Crippen MR) is 86.7 cm³/mol. The molecular weight excluding hydrogens is 336 g/mol. The highest BCUT2D eigenvalue weighted by atomic mass is 79.9. The smallest absolute Gasteiger partial charge is 0.270 e. The van der Waals surface area contributed by atoms with E-state index in [9.17, 15) is 4.79 Å². The molecule has 21 heavy (non-hydrogen) atoms. The molecule has 1 aromatic heterocycles. The van der Waals surface area contributed by atoms with Gasteiger partial charge in [0, 0.05) is 43.5 Å². The average Bonchev–Trinajstić information content (AvgIpc) is 2.86. The maximum Gasteiger partial charge on any atom is 0.270 e. The summed E-state index contributed by atoms with van der Waals surface area (Å²) in [6.07, 6.45) is 1.93. The second-order valence-corrected chi connectivity index (χ2v) is 5.43. The Morgan fingerprint density at radius 2 is 1.76 bits per heavy atom. The molecular formula is C15H25BrN2O3. The first-order valence-corrected chi connectivity index (χ1v) is 8.23. The molecule has 0 spiro atoms. The Morgan fingerprint density at radius 3 is 2.24 bits per heavy atom. The average molecular weight is 361 g/mol. The number of hydrogen-bond acceptors (Lipinski definition) is 3. The van der Waals surface area contributed by atoms with Gasteiger partial charge in [-0.1, -0.05) is 0 Å². The third-order valence-corrected chi connectivity index (χ3v) is 3.56. The lowest BCUT2D eigenvalue weighted by molar-refractivity contribution is 0.0541. The second kappa shape index (κ2) is 9.97. The van der Waals surface area contributed by atoms with Gasteiger partial charge in [0.25, 0.3) is 5.91 Å². The Hall–Kier alpha value is -0.850. The highest BCUT2D eigenvalue weighted by Gasteiger charge is 2.19. The minimum Gasteiger partial charge on any atom is -0.380 e. The second-order valence-electron chi connectivity index (χ2n) is 4.52. The number of hydrogen-bond donors (Lipinski definition) is 0. The molecule has 0 radical (unpaired) electrons. The van der Waals surface area contributed by atoms with Crippen LogP contribution in [0.3, 0.4) is 0 Å². The minimum atomic E-state index is 0.0157. The van der Waals surface area contributed by atoms with Crippen molar-refractivity contribution < 1.29 is 14.3 Å². The van der Waals surface area contributed by atoms with E-state index in [1.807, 2.05) is 37.6 Å². The number of carbonyl (C=O) groups excluding carboxylic acids is 1. The van der Waals surface area contributed by atoms with Crippen LogP contribution in [0.15, 0.2) is 16.7 Å². The molecule has 0 aliphatic carbocycles. The zero-order valence-corrected chi connectivity index (χ0v) is 14.7. The Kier molecular flexibility index (Phi) is 8.64. The van der Waals surface area contributed by atoms with Crippen molar-refractivity contribution in [3.63, 3.8) is 0 Å². The summed E-state index contributed by atoms with van der Waals surface area (Å²) in [5.41, 5.74) is 0.692. The molecule has 0 saturated carbocycles. The quantitative estimate of drug-likeness (QED) is 0.602. The molecule has 1 rings (SSSR count). The van der Waals surface area contributed by atoms with Gasteiger partial charge in [0.2, 0.25) is 0 Å². The molecule has 1 heterocycles. The molecule has 0 aromatic carbocycles. The molecule has 1 amide bonds. The van der Waals surface area contributed by atoms with Crippen LogP contribution in [0.1, 0.15) is 31.3 Å². The number of aryl methyl sites for hydroxylation is 1. The van der Waals surface area contributed by atoms with Crippen LogP contribution in [-0.4, -0.2) is 54.9 Å². The summed E-state index contributed by atoms with van der Waals surface area (Å²) in [7, 11) is 0. The number of aromatic nitrogens is 1. The van der Waals surface area contributed by atoms with E-state index in [1.54, 1.807) is 4.90 Å². The zero-order valence-electron chi connectivity index (χ0n) is 13.1. The van der Waals surface area contributed by atoms with Crippen molar-refractivity contribution >= 4 is 21.8 Å². The van der Waals surface area contributed by atoms with E-state index in [1.165, 1.54) is 0 Å². The van der Waals surface area contributed by atoms with Crippen LogP contribution in [0, 0.1) is 0 Å². The molecule has 0 bridgehead atoms. The Labute approximate surface area is 135 Å². The number of carbonyl (C=O) groups is 1. The third kappa shape index (κ3) is 5.80. The summed E-state index contributed by atoms with van der Waals surface area (Å²) in [6.45, 7) is 10.2. The fourth-order valence-corrected chi connectivity index (χ4v) is 2.49. The molecule has 0 unspecified atom stereocenters. The lowest BCUT2D eigenvalue weighted by Gasteiger charge is -2.23. The summed E-state index contributed by atoms with van der Waals surface area (Å²) >= 11 is 3.43. The summed E-state index contributed by atoms with van der Waals surface area (Å²) in [4.78, 5) is 14.5. The topological polar surface area (TPSA) is 43.7 Å². The van der Waals surface area contributed by atoms with Gasteiger partial charge in [-0.05, 0) is 42.8 Å². The predicted octanol–water partition coefficient (Wildman–Crippen LogP) is 2.79. The Morgan fingerprint density at radius 1 is 1.19 bits per heavy atom. The van der Waals surface area contributed by atoms with Gasteiger partial charge in [0.1, 0.15) is 5.69 Å². The van der Waals surface area contributed by atoms with Crippen LogP contribution in [0.5, 0.6) is 0 Å². The molecule has 5 nitrogen and oxygen atoms in total. The standard InChI is InChI=1S/C15H25BrN2O3/c1-4-17-12-13(16)11-14(17)15(19)18(7-9-20-5-2)8-10-21-6-3/h11-12H,4-10H2,1-3H3. The first kappa shape index (κ1) is 18.2. The molecule has 0 saturated heterocycles. The molecule has 1 aromatic rings. The van der Waals surface area contributed by atoms with Crippen LogP contribution < -0.4 is 0 Å². The summed E-state index contributed by atoms with van der Waals surface area (Å²) in [6, 6.07) is 1.86. The van der Waals surface area contributed by atoms with Crippen LogP contribution >= 0.6 is 15.9 Å². The highest BCUT2D eigenvalue weighted by Crippen LogP contribution is 2.16. The van der Waals surface area contributed by atoms with E-state index in [0.29, 0.717) is 45.2 Å². The van der Waals surface area contributed by atoms with Gasteiger partial charge >= 0.3 is 0 Å². The van der Waals surface area contributed by atoms with Gasteiger partial charge < -0.3 is 18.9 Å². The molecule has 6 heteroatoms. The van der Waals surface area contributed by atoms with Gasteiger partial charge in [-0.15, -0.1) is 0 Å². The monoisotopic (exact) mass is 360 g/mol. The molecule has 0 aliphatic heterocycles. The molecule has 0 aliphatic rings. The summed E-state index contributed by atoms with van der Waals surface area (Å²) in [5, 5.41) is 0. The van der Waals surface area contributed by atoms with Crippen molar-refractivity contribution in [1.29, 1.82) is 0 Å². The van der Waals surface area contributed by atoms with Crippen molar-refractivity contribution in [1.82, 2.24) is 9.47 Å². The van der Waals surface area contributed by atoms with Gasteiger partial charge in [-0.2, -0.15) is 0 Å². The number of amides is 1. The Balaban J connectivity index is 2.76. The van der Waals surface area contributed by atoms with Crippen molar-refractivity contribution in [2.75, 3.05) is 39.5 Å². The van der Waals surface area contributed by atoms with E-state index < -0.39 is 0 Å². The van der Waals surface area contributed by atoms with Gasteiger partial charge in [0.15, 0.2) is 0 Å². The lowest BCUT2D eigenvalue weighted by Crippen LogP contribution is -2.37. The molecule has 0 N–H and O–H groups in total. The summed E-state index contributed by atoms with van der Waals surface area (Å²) in [5.74, 6) is 0.0157. The van der Waals surface area contributed by atoms with Gasteiger partial charge in [0.05, 0.1) is 13.2 Å². The van der Waals surface area contributed by atoms with Crippen LogP contribution in [0.2, 0.25) is 0 Å². The first-order chi connectivity index (χ1) is 10.1.